The maximum Gasteiger partial charge on any atom is 0.246 e. The number of carbonyl (C=O) groups is 1. The molecule has 1 aliphatic carbocycles. The van der Waals surface area contributed by atoms with Gasteiger partial charge in [0.15, 0.2) is 0 Å². The van der Waals surface area contributed by atoms with Crippen LogP contribution in [0, 0.1) is 6.92 Å². The van der Waals surface area contributed by atoms with Gasteiger partial charge in [-0.3, -0.25) is 9.69 Å². The summed E-state index contributed by atoms with van der Waals surface area (Å²) in [4.78, 5) is 16.9. The third-order valence-corrected chi connectivity index (χ3v) is 5.49. The topological polar surface area (TPSA) is 23.6 Å². The maximum atomic E-state index is 12.3. The molecule has 1 saturated heterocycles. The van der Waals surface area contributed by atoms with E-state index < -0.39 is 0 Å². The fourth-order valence-electron chi connectivity index (χ4n) is 3.56. The summed E-state index contributed by atoms with van der Waals surface area (Å²) in [5, 5.41) is 0.741. The minimum absolute atomic E-state index is 0.104. The molecule has 3 nitrogen and oxygen atoms in total. The van der Waals surface area contributed by atoms with Gasteiger partial charge < -0.3 is 4.90 Å². The molecule has 0 aromatic heterocycles. The van der Waals surface area contributed by atoms with Crippen LogP contribution in [0.5, 0.6) is 0 Å². The maximum absolute atomic E-state index is 12.3. The first-order valence-electron chi connectivity index (χ1n) is 8.61. The van der Waals surface area contributed by atoms with Crippen LogP contribution in [-0.2, 0) is 4.79 Å². The molecule has 3 rings (SSSR count). The molecule has 1 saturated carbocycles. The number of nitrogens with zero attached hydrogens (tertiary/aromatic N) is 2. The van der Waals surface area contributed by atoms with E-state index in [1.165, 1.54) is 25.7 Å². The van der Waals surface area contributed by atoms with Crippen LogP contribution in [-0.4, -0.2) is 47.9 Å². The van der Waals surface area contributed by atoms with Crippen molar-refractivity contribution in [3.05, 3.63) is 40.4 Å². The van der Waals surface area contributed by atoms with Crippen LogP contribution >= 0.6 is 11.6 Å². The van der Waals surface area contributed by atoms with E-state index in [4.69, 9.17) is 11.6 Å². The molecular weight excluding hydrogens is 308 g/mol. The van der Waals surface area contributed by atoms with E-state index in [9.17, 15) is 4.79 Å². The van der Waals surface area contributed by atoms with Gasteiger partial charge in [0.1, 0.15) is 0 Å². The number of piperazine rings is 1. The first-order valence-corrected chi connectivity index (χ1v) is 8.98. The van der Waals surface area contributed by atoms with Crippen molar-refractivity contribution in [2.75, 3.05) is 26.2 Å². The molecule has 0 spiro atoms. The number of benzene rings is 1. The molecule has 23 heavy (non-hydrogen) atoms. The molecule has 1 aliphatic heterocycles. The number of hydrogen-bond donors (Lipinski definition) is 0. The van der Waals surface area contributed by atoms with Crippen molar-refractivity contribution in [2.24, 2.45) is 0 Å². The van der Waals surface area contributed by atoms with Gasteiger partial charge in [-0.15, -0.1) is 0 Å². The zero-order valence-electron chi connectivity index (χ0n) is 13.8. The van der Waals surface area contributed by atoms with E-state index in [0.29, 0.717) is 0 Å². The van der Waals surface area contributed by atoms with Crippen molar-refractivity contribution in [2.45, 2.75) is 38.6 Å². The number of aryl methyl sites for hydroxylation is 1. The Morgan fingerprint density at radius 3 is 2.52 bits per heavy atom. The van der Waals surface area contributed by atoms with Crippen molar-refractivity contribution in [3.8, 4) is 0 Å². The Balaban J connectivity index is 1.52. The highest BCUT2D eigenvalue weighted by molar-refractivity contribution is 6.31. The second kappa shape index (κ2) is 7.50. The first-order chi connectivity index (χ1) is 11.1. The molecule has 2 aliphatic rings. The van der Waals surface area contributed by atoms with Gasteiger partial charge in [-0.05, 0) is 43.0 Å². The van der Waals surface area contributed by atoms with Gasteiger partial charge in [0, 0.05) is 43.3 Å². The quantitative estimate of drug-likeness (QED) is 0.787. The van der Waals surface area contributed by atoms with Crippen LogP contribution in [0.2, 0.25) is 5.02 Å². The van der Waals surface area contributed by atoms with E-state index in [2.05, 4.69) is 4.90 Å². The standard InChI is InChI=1S/C19H25ClN2O/c1-15-6-7-16(14-18(15)20)8-9-19(23)22-12-10-21(11-13-22)17-4-2-3-5-17/h6-9,14,17H,2-5,10-13H2,1H3/b9-8+. The third-order valence-electron chi connectivity index (χ3n) is 5.08. The molecular formula is C19H25ClN2O. The summed E-state index contributed by atoms with van der Waals surface area (Å²) < 4.78 is 0. The molecule has 2 fully saturated rings. The van der Waals surface area contributed by atoms with Crippen LogP contribution in [0.4, 0.5) is 0 Å². The lowest BCUT2D eigenvalue weighted by molar-refractivity contribution is -0.127. The Kier molecular flexibility index (Phi) is 5.39. The van der Waals surface area contributed by atoms with Gasteiger partial charge in [-0.1, -0.05) is 36.6 Å². The minimum atomic E-state index is 0.104. The average Bonchev–Trinajstić information content (AvgIpc) is 3.10. The number of rotatable bonds is 3. The van der Waals surface area contributed by atoms with Crippen LogP contribution < -0.4 is 0 Å². The summed E-state index contributed by atoms with van der Waals surface area (Å²) in [6, 6.07) is 6.63. The average molecular weight is 333 g/mol. The summed E-state index contributed by atoms with van der Waals surface area (Å²) in [5.41, 5.74) is 2.02. The Morgan fingerprint density at radius 1 is 1.17 bits per heavy atom. The monoisotopic (exact) mass is 332 g/mol. The summed E-state index contributed by atoms with van der Waals surface area (Å²) in [6.45, 7) is 5.69. The second-order valence-electron chi connectivity index (χ2n) is 6.64. The highest BCUT2D eigenvalue weighted by Crippen LogP contribution is 2.24. The van der Waals surface area contributed by atoms with Crippen molar-refractivity contribution >= 4 is 23.6 Å². The zero-order valence-corrected chi connectivity index (χ0v) is 14.6. The van der Waals surface area contributed by atoms with Crippen molar-refractivity contribution in [1.29, 1.82) is 0 Å². The summed E-state index contributed by atoms with van der Waals surface area (Å²) in [5.74, 6) is 0.104. The fraction of sp³-hybridized carbons (Fsp3) is 0.526. The van der Waals surface area contributed by atoms with Gasteiger partial charge in [0.25, 0.3) is 0 Å². The first kappa shape index (κ1) is 16.5. The predicted molar refractivity (Wildman–Crippen MR) is 95.6 cm³/mol. The largest absolute Gasteiger partial charge is 0.337 e. The lowest BCUT2D eigenvalue weighted by atomic mass is 10.1. The SMILES string of the molecule is Cc1ccc(/C=C/C(=O)N2CCN(C3CCCC3)CC2)cc1Cl. The molecule has 0 radical (unpaired) electrons. The van der Waals surface area contributed by atoms with Crippen LogP contribution in [0.25, 0.3) is 6.08 Å². The molecule has 0 atom stereocenters. The highest BCUT2D eigenvalue weighted by Gasteiger charge is 2.27. The van der Waals surface area contributed by atoms with Gasteiger partial charge in [-0.25, -0.2) is 0 Å². The Bertz CT molecular complexity index is 585. The molecule has 1 aromatic carbocycles. The highest BCUT2D eigenvalue weighted by atomic mass is 35.5. The lowest BCUT2D eigenvalue weighted by Crippen LogP contribution is -2.51. The van der Waals surface area contributed by atoms with Crippen LogP contribution in [0.15, 0.2) is 24.3 Å². The number of hydrogen-bond acceptors (Lipinski definition) is 2. The van der Waals surface area contributed by atoms with Gasteiger partial charge in [0.05, 0.1) is 0 Å². The normalized spacial score (nSPS) is 20.5. The minimum Gasteiger partial charge on any atom is -0.337 e. The number of halogens is 1. The van der Waals surface area contributed by atoms with Crippen molar-refractivity contribution < 1.29 is 4.79 Å². The Morgan fingerprint density at radius 2 is 1.87 bits per heavy atom. The Hall–Kier alpha value is -1.32. The zero-order chi connectivity index (χ0) is 16.2. The third kappa shape index (κ3) is 4.15. The van der Waals surface area contributed by atoms with Crippen LogP contribution in [0.3, 0.4) is 0 Å². The molecule has 0 unspecified atom stereocenters. The molecule has 1 heterocycles. The van der Waals surface area contributed by atoms with E-state index in [1.807, 2.05) is 36.1 Å². The van der Waals surface area contributed by atoms with E-state index in [0.717, 1.165) is 48.4 Å². The molecule has 0 N–H and O–H groups in total. The molecule has 1 amide bonds. The lowest BCUT2D eigenvalue weighted by Gasteiger charge is -2.37. The number of amides is 1. The van der Waals surface area contributed by atoms with E-state index in [-0.39, 0.29) is 5.91 Å². The molecule has 0 bridgehead atoms. The molecule has 4 heteroatoms. The second-order valence-corrected chi connectivity index (χ2v) is 7.05. The number of carbonyl (C=O) groups excluding carboxylic acids is 1. The molecule has 1 aromatic rings. The van der Waals surface area contributed by atoms with E-state index >= 15 is 0 Å². The fourth-order valence-corrected chi connectivity index (χ4v) is 3.75. The van der Waals surface area contributed by atoms with Crippen molar-refractivity contribution in [3.63, 3.8) is 0 Å². The predicted octanol–water partition coefficient (Wildman–Crippen LogP) is 3.75. The van der Waals surface area contributed by atoms with Gasteiger partial charge >= 0.3 is 0 Å². The summed E-state index contributed by atoms with van der Waals surface area (Å²) in [7, 11) is 0. The van der Waals surface area contributed by atoms with E-state index in [1.54, 1.807) is 6.08 Å². The summed E-state index contributed by atoms with van der Waals surface area (Å²) in [6.07, 6.45) is 8.94. The summed E-state index contributed by atoms with van der Waals surface area (Å²) >= 11 is 6.12. The smallest absolute Gasteiger partial charge is 0.246 e. The van der Waals surface area contributed by atoms with Crippen LogP contribution in [0.1, 0.15) is 36.8 Å². The van der Waals surface area contributed by atoms with Crippen molar-refractivity contribution in [1.82, 2.24) is 9.80 Å². The Labute approximate surface area is 143 Å². The van der Waals surface area contributed by atoms with Gasteiger partial charge in [-0.2, -0.15) is 0 Å². The molecule has 124 valence electrons. The van der Waals surface area contributed by atoms with Gasteiger partial charge in [0.2, 0.25) is 5.91 Å².